The van der Waals surface area contributed by atoms with Gasteiger partial charge in [0.05, 0.1) is 13.2 Å². The summed E-state index contributed by atoms with van der Waals surface area (Å²) in [6.45, 7) is 3.71. The Kier molecular flexibility index (Phi) is 11.3. The van der Waals surface area contributed by atoms with Crippen molar-refractivity contribution in [2.24, 2.45) is 0 Å². The first-order valence-corrected chi connectivity index (χ1v) is 5.62. The number of ether oxygens (including phenoxy) is 2. The predicted molar refractivity (Wildman–Crippen MR) is 57.6 cm³/mol. The third-order valence-corrected chi connectivity index (χ3v) is 1.96. The van der Waals surface area contributed by atoms with Crippen molar-refractivity contribution in [1.29, 1.82) is 0 Å². The number of carbonyl (C=O) groups excluding carboxylic acids is 1. The van der Waals surface area contributed by atoms with Gasteiger partial charge >= 0.3 is 0 Å². The van der Waals surface area contributed by atoms with E-state index >= 15 is 0 Å². The molecule has 4 nitrogen and oxygen atoms in total. The van der Waals surface area contributed by atoms with E-state index in [0.717, 1.165) is 38.4 Å². The monoisotopic (exact) mass is 218 g/mol. The van der Waals surface area contributed by atoms with Gasteiger partial charge in [0, 0.05) is 19.4 Å². The number of aldehydes is 1. The molecule has 4 heteroatoms. The quantitative estimate of drug-likeness (QED) is 0.542. The van der Waals surface area contributed by atoms with Gasteiger partial charge in [-0.05, 0) is 12.8 Å². The molecule has 0 bridgehead atoms. The van der Waals surface area contributed by atoms with Gasteiger partial charge in [-0.2, -0.15) is 0 Å². The molecule has 0 atom stereocenters. The zero-order valence-corrected chi connectivity index (χ0v) is 9.48. The van der Waals surface area contributed by atoms with Crippen molar-refractivity contribution in [2.45, 2.75) is 45.3 Å². The fourth-order valence-electron chi connectivity index (χ4n) is 1.12. The van der Waals surface area contributed by atoms with Crippen LogP contribution in [0.25, 0.3) is 0 Å². The van der Waals surface area contributed by atoms with Crippen LogP contribution in [0.3, 0.4) is 0 Å². The zero-order valence-electron chi connectivity index (χ0n) is 9.48. The Labute approximate surface area is 91.6 Å². The van der Waals surface area contributed by atoms with Crippen molar-refractivity contribution < 1.29 is 19.4 Å². The molecule has 0 aromatic carbocycles. The van der Waals surface area contributed by atoms with Crippen LogP contribution in [0.5, 0.6) is 0 Å². The Morgan fingerprint density at radius 2 is 2.00 bits per heavy atom. The second-order valence-corrected chi connectivity index (χ2v) is 3.35. The molecule has 1 rings (SSSR count). The van der Waals surface area contributed by atoms with Crippen LogP contribution in [0.4, 0.5) is 0 Å². The highest BCUT2D eigenvalue weighted by Gasteiger charge is 2.14. The molecular formula is C11H22O4. The summed E-state index contributed by atoms with van der Waals surface area (Å²) in [5.41, 5.74) is 0. The van der Waals surface area contributed by atoms with Crippen LogP contribution in [0, 0.1) is 0 Å². The fourth-order valence-corrected chi connectivity index (χ4v) is 1.12. The van der Waals surface area contributed by atoms with Crippen LogP contribution >= 0.6 is 0 Å². The van der Waals surface area contributed by atoms with E-state index < -0.39 is 0 Å². The maximum Gasteiger partial charge on any atom is 0.157 e. The van der Waals surface area contributed by atoms with Crippen molar-refractivity contribution >= 4 is 6.29 Å². The number of aliphatic hydroxyl groups is 1. The van der Waals surface area contributed by atoms with E-state index in [1.54, 1.807) is 0 Å². The number of unbranched alkanes of at least 4 members (excludes halogenated alkanes) is 2. The highest BCUT2D eigenvalue weighted by molar-refractivity contribution is 5.48. The number of rotatable bonds is 6. The number of hydrogen-bond acceptors (Lipinski definition) is 4. The van der Waals surface area contributed by atoms with Crippen LogP contribution in [0.15, 0.2) is 0 Å². The second-order valence-electron chi connectivity index (χ2n) is 3.35. The zero-order chi connectivity index (χ0) is 11.4. The molecule has 0 saturated carbocycles. The summed E-state index contributed by atoms with van der Waals surface area (Å²) >= 11 is 0. The molecule has 0 aromatic rings. The minimum absolute atomic E-state index is 0.0443. The van der Waals surface area contributed by atoms with Gasteiger partial charge in [0.1, 0.15) is 6.29 Å². The summed E-state index contributed by atoms with van der Waals surface area (Å²) in [6, 6.07) is 0. The normalized spacial score (nSPS) is 15.9. The third-order valence-electron chi connectivity index (χ3n) is 1.96. The van der Waals surface area contributed by atoms with Crippen LogP contribution in [-0.2, 0) is 14.3 Å². The molecule has 15 heavy (non-hydrogen) atoms. The average Bonchev–Trinajstić information content (AvgIpc) is 2.77. The standard InChI is InChI=1S/C6H12O3.C5H10O/c7-3-1-2-6-8-4-5-9-6;1-2-3-4-5-6/h6-7H,1-5H2;5H,2-4H2,1H3. The molecule has 1 heterocycles. The Balaban J connectivity index is 0.000000288. The summed E-state index contributed by atoms with van der Waals surface area (Å²) in [6.07, 6.45) is 5.40. The van der Waals surface area contributed by atoms with E-state index in [1.165, 1.54) is 0 Å². The van der Waals surface area contributed by atoms with Gasteiger partial charge < -0.3 is 19.4 Å². The summed E-state index contributed by atoms with van der Waals surface area (Å²) in [5.74, 6) is 0. The van der Waals surface area contributed by atoms with Crippen molar-refractivity contribution in [3.05, 3.63) is 0 Å². The van der Waals surface area contributed by atoms with Crippen molar-refractivity contribution in [3.63, 3.8) is 0 Å². The molecular weight excluding hydrogens is 196 g/mol. The van der Waals surface area contributed by atoms with Crippen LogP contribution in [-0.4, -0.2) is 37.5 Å². The Bertz CT molecular complexity index is 133. The highest BCUT2D eigenvalue weighted by atomic mass is 16.7. The lowest BCUT2D eigenvalue weighted by Gasteiger charge is -2.05. The fraction of sp³-hybridized carbons (Fsp3) is 0.909. The van der Waals surface area contributed by atoms with Crippen molar-refractivity contribution in [2.75, 3.05) is 19.8 Å². The summed E-state index contributed by atoms with van der Waals surface area (Å²) in [4.78, 5) is 9.56. The molecule has 0 aliphatic carbocycles. The highest BCUT2D eigenvalue weighted by Crippen LogP contribution is 2.08. The van der Waals surface area contributed by atoms with Crippen molar-refractivity contribution in [1.82, 2.24) is 0 Å². The second kappa shape index (κ2) is 11.6. The first-order chi connectivity index (χ1) is 7.35. The number of carbonyl (C=O) groups is 1. The maximum absolute atomic E-state index is 9.56. The van der Waals surface area contributed by atoms with E-state index in [1.807, 2.05) is 0 Å². The van der Waals surface area contributed by atoms with Gasteiger partial charge in [0.25, 0.3) is 0 Å². The summed E-state index contributed by atoms with van der Waals surface area (Å²) < 4.78 is 10.2. The minimum atomic E-state index is -0.0443. The van der Waals surface area contributed by atoms with Gasteiger partial charge in [-0.1, -0.05) is 13.3 Å². The van der Waals surface area contributed by atoms with Gasteiger partial charge in [-0.15, -0.1) is 0 Å². The van der Waals surface area contributed by atoms with Gasteiger partial charge in [-0.3, -0.25) is 0 Å². The molecule has 1 N–H and O–H groups in total. The van der Waals surface area contributed by atoms with Gasteiger partial charge in [-0.25, -0.2) is 0 Å². The first-order valence-electron chi connectivity index (χ1n) is 5.62. The summed E-state index contributed by atoms with van der Waals surface area (Å²) in [7, 11) is 0. The molecule has 90 valence electrons. The largest absolute Gasteiger partial charge is 0.396 e. The van der Waals surface area contributed by atoms with Gasteiger partial charge in [0.15, 0.2) is 6.29 Å². The smallest absolute Gasteiger partial charge is 0.157 e. The predicted octanol–water partition coefficient (Wildman–Crippen LogP) is 1.51. The van der Waals surface area contributed by atoms with E-state index in [-0.39, 0.29) is 12.9 Å². The maximum atomic E-state index is 9.56. The number of hydrogen-bond donors (Lipinski definition) is 1. The Hall–Kier alpha value is -0.450. The van der Waals surface area contributed by atoms with Crippen LogP contribution in [0.2, 0.25) is 0 Å². The lowest BCUT2D eigenvalue weighted by Crippen LogP contribution is -2.07. The Morgan fingerprint density at radius 3 is 2.40 bits per heavy atom. The van der Waals surface area contributed by atoms with E-state index in [0.29, 0.717) is 13.2 Å². The SMILES string of the molecule is CCCCC=O.OCCCC1OCCO1. The van der Waals surface area contributed by atoms with Crippen molar-refractivity contribution in [3.8, 4) is 0 Å². The van der Waals surface area contributed by atoms with E-state index in [4.69, 9.17) is 14.6 Å². The number of aliphatic hydroxyl groups excluding tert-OH is 1. The van der Waals surface area contributed by atoms with Crippen LogP contribution in [0.1, 0.15) is 39.0 Å². The molecule has 0 radical (unpaired) electrons. The lowest BCUT2D eigenvalue weighted by molar-refractivity contribution is -0.107. The molecule has 0 unspecified atom stereocenters. The Morgan fingerprint density at radius 1 is 1.33 bits per heavy atom. The van der Waals surface area contributed by atoms with E-state index in [9.17, 15) is 4.79 Å². The molecule has 1 fully saturated rings. The molecule has 1 saturated heterocycles. The molecule has 0 spiro atoms. The topological polar surface area (TPSA) is 55.8 Å². The average molecular weight is 218 g/mol. The van der Waals surface area contributed by atoms with Gasteiger partial charge in [0.2, 0.25) is 0 Å². The molecule has 0 aromatic heterocycles. The van der Waals surface area contributed by atoms with E-state index in [2.05, 4.69) is 6.92 Å². The minimum Gasteiger partial charge on any atom is -0.396 e. The third kappa shape index (κ3) is 9.85. The molecule has 1 aliphatic heterocycles. The van der Waals surface area contributed by atoms with Crippen LogP contribution < -0.4 is 0 Å². The first kappa shape index (κ1) is 14.6. The molecule has 1 aliphatic rings. The molecule has 0 amide bonds. The lowest BCUT2D eigenvalue weighted by atomic mass is 10.3. The summed E-state index contributed by atoms with van der Waals surface area (Å²) in [5, 5.41) is 8.42.